The summed E-state index contributed by atoms with van der Waals surface area (Å²) in [5.74, 6) is 0.267. The van der Waals surface area contributed by atoms with Crippen molar-refractivity contribution in [1.82, 2.24) is 5.16 Å². The second-order valence-electron chi connectivity index (χ2n) is 7.90. The van der Waals surface area contributed by atoms with E-state index in [1.54, 1.807) is 42.6 Å². The lowest BCUT2D eigenvalue weighted by Crippen LogP contribution is -2.18. The standard InChI is InChI=1S/C23H24FN2O5P/c1-16-13-29-32(28,30-14-16)15-17-2-9-21(10-3-17)26-22(27)11-6-19-12-25-31-23(19)18-4-7-20(24)8-5-18/h2-5,7-10,12,16H,6,11,13-15H2,1H3,(H,26,27). The Morgan fingerprint density at radius 3 is 2.50 bits per heavy atom. The van der Waals surface area contributed by atoms with Gasteiger partial charge in [-0.25, -0.2) is 4.39 Å². The van der Waals surface area contributed by atoms with Gasteiger partial charge in [0.2, 0.25) is 5.91 Å². The largest absolute Gasteiger partial charge is 0.356 e. The first kappa shape index (κ1) is 22.4. The minimum atomic E-state index is -3.11. The molecule has 168 valence electrons. The molecule has 1 fully saturated rings. The lowest BCUT2D eigenvalue weighted by Gasteiger charge is -2.27. The van der Waals surface area contributed by atoms with Crippen molar-refractivity contribution in [1.29, 1.82) is 0 Å². The molecule has 1 aliphatic heterocycles. The monoisotopic (exact) mass is 458 g/mol. The number of benzene rings is 2. The molecule has 7 nitrogen and oxygen atoms in total. The first-order chi connectivity index (χ1) is 15.4. The Balaban J connectivity index is 1.30. The zero-order chi connectivity index (χ0) is 22.6. The van der Waals surface area contributed by atoms with E-state index in [1.165, 1.54) is 12.1 Å². The summed E-state index contributed by atoms with van der Waals surface area (Å²) >= 11 is 0. The number of rotatable bonds is 7. The Bertz CT molecular complexity index is 1100. The molecule has 32 heavy (non-hydrogen) atoms. The van der Waals surface area contributed by atoms with Gasteiger partial charge >= 0.3 is 7.60 Å². The molecule has 1 saturated heterocycles. The molecule has 1 aliphatic rings. The van der Waals surface area contributed by atoms with E-state index in [-0.39, 0.29) is 30.2 Å². The van der Waals surface area contributed by atoms with Crippen LogP contribution in [-0.4, -0.2) is 24.3 Å². The van der Waals surface area contributed by atoms with E-state index < -0.39 is 7.60 Å². The average Bonchev–Trinajstić information content (AvgIpc) is 3.25. The molecule has 1 amide bonds. The quantitative estimate of drug-likeness (QED) is 0.475. The number of hydrogen-bond donors (Lipinski definition) is 1. The van der Waals surface area contributed by atoms with Crippen LogP contribution < -0.4 is 5.32 Å². The van der Waals surface area contributed by atoms with Crippen molar-refractivity contribution >= 4 is 19.2 Å². The van der Waals surface area contributed by atoms with Crippen molar-refractivity contribution in [2.24, 2.45) is 5.92 Å². The molecule has 9 heteroatoms. The zero-order valence-electron chi connectivity index (χ0n) is 17.6. The molecule has 1 aromatic heterocycles. The maximum atomic E-state index is 13.1. The normalized spacial score (nSPS) is 20.8. The number of anilines is 1. The van der Waals surface area contributed by atoms with Crippen LogP contribution in [-0.2, 0) is 31.0 Å². The van der Waals surface area contributed by atoms with Gasteiger partial charge in [0.05, 0.1) is 25.6 Å². The molecule has 3 aromatic rings. The number of carbonyl (C=O) groups is 1. The number of aryl methyl sites for hydroxylation is 1. The Morgan fingerprint density at radius 2 is 1.81 bits per heavy atom. The van der Waals surface area contributed by atoms with Gasteiger partial charge in [-0.05, 0) is 48.4 Å². The van der Waals surface area contributed by atoms with E-state index in [1.807, 2.05) is 6.92 Å². The maximum absolute atomic E-state index is 13.1. The fraction of sp³-hybridized carbons (Fsp3) is 0.304. The number of carbonyl (C=O) groups excluding carboxylic acids is 1. The summed E-state index contributed by atoms with van der Waals surface area (Å²) in [7, 11) is -3.11. The lowest BCUT2D eigenvalue weighted by molar-refractivity contribution is -0.116. The predicted molar refractivity (Wildman–Crippen MR) is 118 cm³/mol. The number of hydrogen-bond acceptors (Lipinski definition) is 6. The van der Waals surface area contributed by atoms with Crippen LogP contribution in [0.4, 0.5) is 10.1 Å². The molecule has 0 unspecified atom stereocenters. The van der Waals surface area contributed by atoms with E-state index in [9.17, 15) is 13.8 Å². The molecule has 0 atom stereocenters. The third kappa shape index (κ3) is 5.71. The second kappa shape index (κ2) is 9.77. The van der Waals surface area contributed by atoms with Gasteiger partial charge in [-0.1, -0.05) is 24.2 Å². The zero-order valence-corrected chi connectivity index (χ0v) is 18.5. The van der Waals surface area contributed by atoms with Crippen molar-refractivity contribution in [3.05, 3.63) is 71.7 Å². The molecule has 0 spiro atoms. The smallest absolute Gasteiger partial charge is 0.335 e. The van der Waals surface area contributed by atoms with Gasteiger partial charge in [-0.2, -0.15) is 0 Å². The molecular weight excluding hydrogens is 434 g/mol. The number of aromatic nitrogens is 1. The highest BCUT2D eigenvalue weighted by atomic mass is 31.2. The molecule has 0 bridgehead atoms. The van der Waals surface area contributed by atoms with Crippen molar-refractivity contribution in [3.63, 3.8) is 0 Å². The van der Waals surface area contributed by atoms with Crippen molar-refractivity contribution < 1.29 is 27.3 Å². The van der Waals surface area contributed by atoms with E-state index in [0.717, 1.165) is 11.1 Å². The van der Waals surface area contributed by atoms with Crippen molar-refractivity contribution in [2.75, 3.05) is 18.5 Å². The highest BCUT2D eigenvalue weighted by molar-refractivity contribution is 7.53. The summed E-state index contributed by atoms with van der Waals surface area (Å²) in [5.41, 5.74) is 2.93. The number of nitrogens with one attached hydrogen (secondary N) is 1. The Hall–Kier alpha value is -2.80. The summed E-state index contributed by atoms with van der Waals surface area (Å²) in [5, 5.41) is 6.65. The molecular formula is C23H24FN2O5P. The van der Waals surface area contributed by atoms with Crippen molar-refractivity contribution in [3.8, 4) is 11.3 Å². The predicted octanol–water partition coefficient (Wildman–Crippen LogP) is 5.43. The Labute approximate surface area is 185 Å². The molecule has 0 radical (unpaired) electrons. The van der Waals surface area contributed by atoms with Crippen LogP contribution in [0.15, 0.2) is 59.3 Å². The highest BCUT2D eigenvalue weighted by Gasteiger charge is 2.31. The Kier molecular flexibility index (Phi) is 6.84. The van der Waals surface area contributed by atoms with Crippen LogP contribution in [0.3, 0.4) is 0 Å². The van der Waals surface area contributed by atoms with Crippen LogP contribution in [0.25, 0.3) is 11.3 Å². The van der Waals surface area contributed by atoms with Crippen LogP contribution in [0.1, 0.15) is 24.5 Å². The van der Waals surface area contributed by atoms with Crippen LogP contribution in [0.5, 0.6) is 0 Å². The molecule has 0 saturated carbocycles. The van der Waals surface area contributed by atoms with E-state index in [2.05, 4.69) is 10.5 Å². The maximum Gasteiger partial charge on any atom is 0.335 e. The number of nitrogens with zero attached hydrogens (tertiary/aromatic N) is 1. The first-order valence-electron chi connectivity index (χ1n) is 10.4. The molecule has 4 rings (SSSR count). The van der Waals surface area contributed by atoms with E-state index in [0.29, 0.717) is 36.6 Å². The SMILES string of the molecule is CC1COP(=O)(Cc2ccc(NC(=O)CCc3cnoc3-c3ccc(F)cc3)cc2)OC1. The fourth-order valence-corrected chi connectivity index (χ4v) is 5.20. The number of halogens is 1. The lowest BCUT2D eigenvalue weighted by atomic mass is 10.1. The molecule has 2 heterocycles. The third-order valence-corrected chi connectivity index (χ3v) is 6.93. The van der Waals surface area contributed by atoms with Crippen LogP contribution >= 0.6 is 7.60 Å². The average molecular weight is 458 g/mol. The van der Waals surface area contributed by atoms with Gasteiger partial charge in [0.15, 0.2) is 5.76 Å². The van der Waals surface area contributed by atoms with Crippen molar-refractivity contribution in [2.45, 2.75) is 25.9 Å². The third-order valence-electron chi connectivity index (χ3n) is 5.10. The van der Waals surface area contributed by atoms with Gasteiger partial charge in [-0.15, -0.1) is 0 Å². The highest BCUT2D eigenvalue weighted by Crippen LogP contribution is 2.54. The summed E-state index contributed by atoms with van der Waals surface area (Å²) in [6.45, 7) is 2.84. The summed E-state index contributed by atoms with van der Waals surface area (Å²) in [6.07, 6.45) is 2.43. The molecule has 0 aliphatic carbocycles. The minimum absolute atomic E-state index is 0.162. The summed E-state index contributed by atoms with van der Waals surface area (Å²) in [4.78, 5) is 12.4. The van der Waals surface area contributed by atoms with E-state index >= 15 is 0 Å². The summed E-state index contributed by atoms with van der Waals surface area (Å²) < 4.78 is 41.9. The summed E-state index contributed by atoms with van der Waals surface area (Å²) in [6, 6.07) is 13.0. The fourth-order valence-electron chi connectivity index (χ4n) is 3.32. The van der Waals surface area contributed by atoms with Crippen LogP contribution in [0.2, 0.25) is 0 Å². The van der Waals surface area contributed by atoms with Gasteiger partial charge in [0, 0.05) is 29.2 Å². The van der Waals surface area contributed by atoms with Gasteiger partial charge < -0.3 is 18.9 Å². The van der Waals surface area contributed by atoms with Gasteiger partial charge in [0.1, 0.15) is 5.82 Å². The van der Waals surface area contributed by atoms with Crippen LogP contribution in [0, 0.1) is 11.7 Å². The van der Waals surface area contributed by atoms with Gasteiger partial charge in [0.25, 0.3) is 0 Å². The first-order valence-corrected chi connectivity index (χ1v) is 12.1. The molecule has 1 N–H and O–H groups in total. The second-order valence-corrected chi connectivity index (χ2v) is 9.95. The van der Waals surface area contributed by atoms with E-state index in [4.69, 9.17) is 13.6 Å². The topological polar surface area (TPSA) is 90.7 Å². The number of amides is 1. The molecule has 2 aromatic carbocycles. The minimum Gasteiger partial charge on any atom is -0.356 e. The van der Waals surface area contributed by atoms with Gasteiger partial charge in [-0.3, -0.25) is 9.36 Å². The Morgan fingerprint density at radius 1 is 1.12 bits per heavy atom.